The van der Waals surface area contributed by atoms with Crippen molar-refractivity contribution in [2.45, 2.75) is 26.4 Å². The van der Waals surface area contributed by atoms with Crippen LogP contribution in [0.5, 0.6) is 0 Å². The first-order valence-corrected chi connectivity index (χ1v) is 10.0. The third kappa shape index (κ3) is 4.55. The number of hydrogen-bond donors (Lipinski definition) is 1. The third-order valence-corrected chi connectivity index (χ3v) is 5.22. The smallest absolute Gasteiger partial charge is 0.252 e. The molecule has 0 unspecified atom stereocenters. The summed E-state index contributed by atoms with van der Waals surface area (Å²) < 4.78 is 17.2. The first-order valence-electron chi connectivity index (χ1n) is 10.0. The second-order valence-corrected chi connectivity index (χ2v) is 7.64. The Hall–Kier alpha value is -3.74. The molecule has 2 aromatic carbocycles. The second kappa shape index (κ2) is 8.55. The van der Waals surface area contributed by atoms with Crippen molar-refractivity contribution >= 4 is 5.91 Å². The summed E-state index contributed by atoms with van der Waals surface area (Å²) in [7, 11) is 1.86. The maximum atomic E-state index is 13.4. The van der Waals surface area contributed by atoms with Crippen molar-refractivity contribution in [2.75, 3.05) is 0 Å². The standard InChI is InChI=1S/C24H24FN5O/c1-16-13-17(2)30(28-16)15-18-5-4-6-20(14-18)24(31)27-22(23-26-11-12-29(23)3)19-7-9-21(25)10-8-19/h4-14,22H,15H2,1-3H3,(H,27,31)/t22-/m0/s1. The van der Waals surface area contributed by atoms with Gasteiger partial charge in [0.2, 0.25) is 0 Å². The Bertz CT molecular complexity index is 1210. The van der Waals surface area contributed by atoms with Crippen LogP contribution in [0.2, 0.25) is 0 Å². The van der Waals surface area contributed by atoms with Gasteiger partial charge in [-0.3, -0.25) is 9.48 Å². The molecule has 1 atom stereocenters. The summed E-state index contributed by atoms with van der Waals surface area (Å²) in [6.45, 7) is 4.55. The molecule has 0 aliphatic rings. The Labute approximate surface area is 180 Å². The summed E-state index contributed by atoms with van der Waals surface area (Å²) >= 11 is 0. The highest BCUT2D eigenvalue weighted by Gasteiger charge is 2.21. The zero-order valence-electron chi connectivity index (χ0n) is 17.7. The summed E-state index contributed by atoms with van der Waals surface area (Å²) in [6, 6.07) is 15.1. The molecule has 0 spiro atoms. The Morgan fingerprint density at radius 2 is 1.90 bits per heavy atom. The normalized spacial score (nSPS) is 12.0. The fraction of sp³-hybridized carbons (Fsp3) is 0.208. The van der Waals surface area contributed by atoms with Crippen LogP contribution in [0.25, 0.3) is 0 Å². The number of carbonyl (C=O) groups excluding carboxylic acids is 1. The number of hydrogen-bond acceptors (Lipinski definition) is 3. The van der Waals surface area contributed by atoms with E-state index in [0.29, 0.717) is 17.9 Å². The lowest BCUT2D eigenvalue weighted by Crippen LogP contribution is -2.31. The number of nitrogens with one attached hydrogen (secondary N) is 1. The van der Waals surface area contributed by atoms with Gasteiger partial charge in [0.1, 0.15) is 17.7 Å². The van der Waals surface area contributed by atoms with Crippen LogP contribution < -0.4 is 5.32 Å². The quantitative estimate of drug-likeness (QED) is 0.517. The molecule has 0 aliphatic carbocycles. The lowest BCUT2D eigenvalue weighted by molar-refractivity contribution is 0.0941. The van der Waals surface area contributed by atoms with Crippen LogP contribution in [0.4, 0.5) is 4.39 Å². The van der Waals surface area contributed by atoms with Gasteiger partial charge in [-0.25, -0.2) is 9.37 Å². The van der Waals surface area contributed by atoms with Gasteiger partial charge in [0.25, 0.3) is 5.91 Å². The maximum absolute atomic E-state index is 13.4. The molecule has 1 N–H and O–H groups in total. The number of rotatable bonds is 6. The van der Waals surface area contributed by atoms with Crippen molar-refractivity contribution < 1.29 is 9.18 Å². The summed E-state index contributed by atoms with van der Waals surface area (Å²) in [5, 5.41) is 7.54. The van der Waals surface area contributed by atoms with Gasteiger partial charge < -0.3 is 9.88 Å². The molecule has 0 aliphatic heterocycles. The van der Waals surface area contributed by atoms with Gasteiger partial charge >= 0.3 is 0 Å². The van der Waals surface area contributed by atoms with E-state index in [1.165, 1.54) is 12.1 Å². The van der Waals surface area contributed by atoms with Gasteiger partial charge in [0, 0.05) is 30.7 Å². The molecular weight excluding hydrogens is 393 g/mol. The lowest BCUT2D eigenvalue weighted by atomic mass is 10.0. The number of halogens is 1. The average molecular weight is 417 g/mol. The van der Waals surface area contributed by atoms with Crippen LogP contribution in [0.1, 0.15) is 44.7 Å². The molecule has 0 radical (unpaired) electrons. The molecule has 2 aromatic heterocycles. The van der Waals surface area contributed by atoms with E-state index in [0.717, 1.165) is 22.5 Å². The van der Waals surface area contributed by atoms with Crippen LogP contribution in [0.3, 0.4) is 0 Å². The molecular formula is C24H24FN5O. The summed E-state index contributed by atoms with van der Waals surface area (Å²) in [4.78, 5) is 17.5. The molecule has 7 heteroatoms. The van der Waals surface area contributed by atoms with E-state index < -0.39 is 6.04 Å². The van der Waals surface area contributed by atoms with E-state index in [1.54, 1.807) is 24.4 Å². The Morgan fingerprint density at radius 1 is 1.13 bits per heavy atom. The monoisotopic (exact) mass is 417 g/mol. The highest BCUT2D eigenvalue weighted by atomic mass is 19.1. The van der Waals surface area contributed by atoms with Crippen molar-refractivity contribution in [3.05, 3.63) is 107 Å². The minimum atomic E-state index is -0.507. The van der Waals surface area contributed by atoms with Crippen LogP contribution in [-0.4, -0.2) is 25.2 Å². The van der Waals surface area contributed by atoms with Crippen molar-refractivity contribution in [1.82, 2.24) is 24.6 Å². The Balaban J connectivity index is 1.59. The lowest BCUT2D eigenvalue weighted by Gasteiger charge is -2.19. The fourth-order valence-corrected chi connectivity index (χ4v) is 3.64. The number of aromatic nitrogens is 4. The van der Waals surface area contributed by atoms with E-state index in [-0.39, 0.29) is 11.7 Å². The molecule has 2 heterocycles. The van der Waals surface area contributed by atoms with Crippen molar-refractivity contribution in [1.29, 1.82) is 0 Å². The van der Waals surface area contributed by atoms with Crippen LogP contribution in [-0.2, 0) is 13.6 Å². The second-order valence-electron chi connectivity index (χ2n) is 7.64. The van der Waals surface area contributed by atoms with Crippen molar-refractivity contribution in [2.24, 2.45) is 7.05 Å². The minimum Gasteiger partial charge on any atom is -0.338 e. The number of aryl methyl sites for hydroxylation is 3. The molecule has 158 valence electrons. The topological polar surface area (TPSA) is 64.7 Å². The number of amides is 1. The van der Waals surface area contributed by atoms with Crippen LogP contribution >= 0.6 is 0 Å². The highest BCUT2D eigenvalue weighted by molar-refractivity contribution is 5.94. The van der Waals surface area contributed by atoms with Gasteiger partial charge in [-0.05, 0) is 55.3 Å². The Morgan fingerprint density at radius 3 is 2.55 bits per heavy atom. The SMILES string of the molecule is Cc1cc(C)n(Cc2cccc(C(=O)N[C@@H](c3ccc(F)cc3)c3nccn3C)c2)n1. The van der Waals surface area contributed by atoms with E-state index in [4.69, 9.17) is 0 Å². The number of nitrogens with zero attached hydrogens (tertiary/aromatic N) is 4. The molecule has 4 rings (SSSR count). The molecule has 0 saturated heterocycles. The maximum Gasteiger partial charge on any atom is 0.252 e. The fourth-order valence-electron chi connectivity index (χ4n) is 3.64. The van der Waals surface area contributed by atoms with Gasteiger partial charge in [-0.1, -0.05) is 24.3 Å². The largest absolute Gasteiger partial charge is 0.338 e. The molecule has 1 amide bonds. The minimum absolute atomic E-state index is 0.229. The zero-order valence-corrected chi connectivity index (χ0v) is 17.7. The highest BCUT2D eigenvalue weighted by Crippen LogP contribution is 2.22. The number of carbonyl (C=O) groups is 1. The van der Waals surface area contributed by atoms with Crippen molar-refractivity contribution in [3.8, 4) is 0 Å². The van der Waals surface area contributed by atoms with Gasteiger partial charge in [-0.15, -0.1) is 0 Å². The van der Waals surface area contributed by atoms with Gasteiger partial charge in [0.05, 0.1) is 12.2 Å². The molecule has 0 bridgehead atoms. The molecule has 31 heavy (non-hydrogen) atoms. The van der Waals surface area contributed by atoms with E-state index in [2.05, 4.69) is 15.4 Å². The average Bonchev–Trinajstić information content (AvgIpc) is 3.31. The zero-order chi connectivity index (χ0) is 22.0. The summed E-state index contributed by atoms with van der Waals surface area (Å²) in [5.41, 5.74) is 4.31. The molecule has 6 nitrogen and oxygen atoms in total. The number of imidazole rings is 1. The van der Waals surface area contributed by atoms with E-state index >= 15 is 0 Å². The predicted molar refractivity (Wildman–Crippen MR) is 116 cm³/mol. The van der Waals surface area contributed by atoms with Crippen LogP contribution in [0.15, 0.2) is 67.0 Å². The summed E-state index contributed by atoms with van der Waals surface area (Å²) in [5.74, 6) is 0.108. The molecule has 4 aromatic rings. The predicted octanol–water partition coefficient (Wildman–Crippen LogP) is 3.94. The molecule has 0 saturated carbocycles. The molecule has 0 fully saturated rings. The first kappa shape index (κ1) is 20.5. The van der Waals surface area contributed by atoms with Gasteiger partial charge in [0.15, 0.2) is 0 Å². The Kier molecular flexibility index (Phi) is 5.66. The van der Waals surface area contributed by atoms with E-state index in [1.807, 2.05) is 60.6 Å². The van der Waals surface area contributed by atoms with Gasteiger partial charge in [-0.2, -0.15) is 5.10 Å². The number of benzene rings is 2. The van der Waals surface area contributed by atoms with Crippen LogP contribution in [0, 0.1) is 19.7 Å². The van der Waals surface area contributed by atoms with E-state index in [9.17, 15) is 9.18 Å². The van der Waals surface area contributed by atoms with Crippen molar-refractivity contribution in [3.63, 3.8) is 0 Å². The summed E-state index contributed by atoms with van der Waals surface area (Å²) in [6.07, 6.45) is 3.49. The third-order valence-electron chi connectivity index (χ3n) is 5.22. The first-order chi connectivity index (χ1) is 14.9.